The van der Waals surface area contributed by atoms with E-state index in [9.17, 15) is 9.18 Å². The minimum absolute atomic E-state index is 0.108. The maximum absolute atomic E-state index is 12.1. The maximum Gasteiger partial charge on any atom is 0.356 e. The Morgan fingerprint density at radius 3 is 2.74 bits per heavy atom. The molecule has 1 aliphatic heterocycles. The average Bonchev–Trinajstić information content (AvgIpc) is 2.66. The lowest BCUT2D eigenvalue weighted by Crippen LogP contribution is -2.23. The third-order valence-electron chi connectivity index (χ3n) is 2.74. The van der Waals surface area contributed by atoms with E-state index in [0.29, 0.717) is 5.02 Å². The fraction of sp³-hybridized carbons (Fsp3) is 0.333. The molecule has 0 bridgehead atoms. The zero-order valence-corrected chi connectivity index (χ0v) is 11.7. The molecule has 19 heavy (non-hydrogen) atoms. The van der Waals surface area contributed by atoms with Crippen molar-refractivity contribution in [2.45, 2.75) is 25.8 Å². The third-order valence-corrected chi connectivity index (χ3v) is 3.24. The Morgan fingerprint density at radius 1 is 1.37 bits per heavy atom. The standard InChI is InChI=1S/C6H4ClF.C6H9N3OS/c7-5-2-1-3-6(8)4-5;10-6-8-4-2-1-3-5(8)7-9(6)11/h1-4H;11H,1-4H2. The van der Waals surface area contributed by atoms with Gasteiger partial charge in [-0.1, -0.05) is 17.7 Å². The van der Waals surface area contributed by atoms with Crippen molar-refractivity contribution in [2.24, 2.45) is 0 Å². The van der Waals surface area contributed by atoms with Gasteiger partial charge in [0.15, 0.2) is 0 Å². The molecule has 0 N–H and O–H groups in total. The largest absolute Gasteiger partial charge is 0.356 e. The molecule has 102 valence electrons. The molecule has 3 rings (SSSR count). The lowest BCUT2D eigenvalue weighted by atomic mass is 10.2. The van der Waals surface area contributed by atoms with Crippen molar-refractivity contribution < 1.29 is 4.39 Å². The van der Waals surface area contributed by atoms with E-state index in [4.69, 9.17) is 11.6 Å². The lowest BCUT2D eigenvalue weighted by molar-refractivity contribution is 0.512. The van der Waals surface area contributed by atoms with Crippen molar-refractivity contribution >= 4 is 24.4 Å². The average molecular weight is 302 g/mol. The molecular formula is C12H13ClFN3OS. The fourth-order valence-corrected chi connectivity index (χ4v) is 2.24. The number of benzene rings is 1. The molecule has 0 radical (unpaired) electrons. The quantitative estimate of drug-likeness (QED) is 0.760. The summed E-state index contributed by atoms with van der Waals surface area (Å²) >= 11 is 9.30. The molecular weight excluding hydrogens is 289 g/mol. The minimum Gasteiger partial charge on any atom is -0.278 e. The van der Waals surface area contributed by atoms with Gasteiger partial charge in [0.25, 0.3) is 0 Å². The predicted octanol–water partition coefficient (Wildman–Crippen LogP) is 2.55. The molecule has 0 aliphatic carbocycles. The monoisotopic (exact) mass is 301 g/mol. The molecule has 0 unspecified atom stereocenters. The van der Waals surface area contributed by atoms with E-state index in [1.165, 1.54) is 12.1 Å². The fourth-order valence-electron chi connectivity index (χ4n) is 1.85. The number of nitrogens with zero attached hydrogens (tertiary/aromatic N) is 3. The topological polar surface area (TPSA) is 39.8 Å². The van der Waals surface area contributed by atoms with E-state index < -0.39 is 0 Å². The van der Waals surface area contributed by atoms with Crippen LogP contribution in [0.1, 0.15) is 18.7 Å². The number of aromatic nitrogens is 3. The van der Waals surface area contributed by atoms with Gasteiger partial charge >= 0.3 is 5.69 Å². The first-order valence-electron chi connectivity index (χ1n) is 5.87. The van der Waals surface area contributed by atoms with Crippen molar-refractivity contribution in [2.75, 3.05) is 0 Å². The number of thiol groups is 1. The molecule has 0 amide bonds. The summed E-state index contributed by atoms with van der Waals surface area (Å²) in [5, 5.41) is 4.42. The van der Waals surface area contributed by atoms with Gasteiger partial charge in [0.2, 0.25) is 0 Å². The van der Waals surface area contributed by atoms with E-state index in [0.717, 1.165) is 35.7 Å². The summed E-state index contributed by atoms with van der Waals surface area (Å²) in [4.78, 5) is 11.2. The van der Waals surface area contributed by atoms with E-state index >= 15 is 0 Å². The Labute approximate surface area is 120 Å². The zero-order chi connectivity index (χ0) is 13.8. The van der Waals surface area contributed by atoms with Crippen LogP contribution in [-0.2, 0) is 13.0 Å². The number of halogens is 2. The highest BCUT2D eigenvalue weighted by Gasteiger charge is 2.14. The minimum atomic E-state index is -0.294. The second kappa shape index (κ2) is 6.25. The molecule has 2 heterocycles. The van der Waals surface area contributed by atoms with E-state index in [2.05, 4.69) is 17.9 Å². The van der Waals surface area contributed by atoms with Crippen molar-refractivity contribution in [3.63, 3.8) is 0 Å². The van der Waals surface area contributed by atoms with Gasteiger partial charge in [0.05, 0.1) is 0 Å². The van der Waals surface area contributed by atoms with Gasteiger partial charge in [-0.25, -0.2) is 9.18 Å². The Bertz CT molecular complexity index is 608. The molecule has 2 aromatic rings. The van der Waals surface area contributed by atoms with Crippen molar-refractivity contribution in [1.29, 1.82) is 0 Å². The summed E-state index contributed by atoms with van der Waals surface area (Å²) < 4.78 is 14.9. The summed E-state index contributed by atoms with van der Waals surface area (Å²) in [5.74, 6) is 0.578. The first-order valence-corrected chi connectivity index (χ1v) is 6.65. The van der Waals surface area contributed by atoms with Crippen LogP contribution in [0.15, 0.2) is 29.1 Å². The second-order valence-corrected chi connectivity index (χ2v) is 4.95. The summed E-state index contributed by atoms with van der Waals surface area (Å²) in [6, 6.07) is 5.82. The van der Waals surface area contributed by atoms with Crippen LogP contribution in [0.25, 0.3) is 0 Å². The molecule has 0 saturated heterocycles. The normalized spacial score (nSPS) is 13.4. The molecule has 0 fully saturated rings. The first-order chi connectivity index (χ1) is 9.08. The van der Waals surface area contributed by atoms with Crippen LogP contribution in [0, 0.1) is 5.82 Å². The van der Waals surface area contributed by atoms with Crippen molar-refractivity contribution in [3.05, 3.63) is 51.4 Å². The zero-order valence-electron chi connectivity index (χ0n) is 10.1. The molecule has 0 saturated carbocycles. The molecule has 1 aromatic carbocycles. The Balaban J connectivity index is 0.000000148. The molecule has 1 aliphatic rings. The van der Waals surface area contributed by atoms with Crippen LogP contribution in [0.3, 0.4) is 0 Å². The van der Waals surface area contributed by atoms with Crippen molar-refractivity contribution in [3.8, 4) is 0 Å². The Kier molecular flexibility index (Phi) is 4.66. The van der Waals surface area contributed by atoms with Gasteiger partial charge in [0, 0.05) is 18.0 Å². The first kappa shape index (κ1) is 14.1. The maximum atomic E-state index is 12.1. The van der Waals surface area contributed by atoms with Gasteiger partial charge < -0.3 is 0 Å². The van der Waals surface area contributed by atoms with E-state index in [-0.39, 0.29) is 11.5 Å². The van der Waals surface area contributed by atoms with Crippen LogP contribution < -0.4 is 5.69 Å². The van der Waals surface area contributed by atoms with E-state index in [1.807, 2.05) is 0 Å². The van der Waals surface area contributed by atoms with Gasteiger partial charge in [0.1, 0.15) is 11.6 Å². The third kappa shape index (κ3) is 3.61. The summed E-state index contributed by atoms with van der Waals surface area (Å²) in [7, 11) is 0. The predicted molar refractivity (Wildman–Crippen MR) is 75.2 cm³/mol. The van der Waals surface area contributed by atoms with Crippen LogP contribution >= 0.6 is 24.4 Å². The highest BCUT2D eigenvalue weighted by molar-refractivity contribution is 7.78. The van der Waals surface area contributed by atoms with E-state index in [1.54, 1.807) is 16.7 Å². The highest BCUT2D eigenvalue weighted by Crippen LogP contribution is 2.09. The number of fused-ring (bicyclic) bond motifs is 1. The summed E-state index contributed by atoms with van der Waals surface area (Å²) in [6.07, 6.45) is 3.11. The lowest BCUT2D eigenvalue weighted by Gasteiger charge is -2.09. The Morgan fingerprint density at radius 2 is 2.16 bits per heavy atom. The highest BCUT2D eigenvalue weighted by atomic mass is 35.5. The number of aryl methyl sites for hydroxylation is 1. The van der Waals surface area contributed by atoms with Gasteiger partial charge in [-0.2, -0.15) is 4.09 Å². The van der Waals surface area contributed by atoms with Crippen LogP contribution in [0.2, 0.25) is 5.02 Å². The summed E-state index contributed by atoms with van der Waals surface area (Å²) in [5.41, 5.74) is -0.108. The molecule has 0 atom stereocenters. The van der Waals surface area contributed by atoms with Crippen LogP contribution in [0.5, 0.6) is 0 Å². The summed E-state index contributed by atoms with van der Waals surface area (Å²) in [6.45, 7) is 0.800. The number of hydrogen-bond acceptors (Lipinski definition) is 3. The molecule has 0 spiro atoms. The van der Waals surface area contributed by atoms with Gasteiger partial charge in [-0.05, 0) is 43.9 Å². The smallest absolute Gasteiger partial charge is 0.278 e. The van der Waals surface area contributed by atoms with Crippen molar-refractivity contribution in [1.82, 2.24) is 13.8 Å². The van der Waals surface area contributed by atoms with Gasteiger partial charge in [-0.15, -0.1) is 5.10 Å². The number of hydrogen-bond donors (Lipinski definition) is 1. The molecule has 4 nitrogen and oxygen atoms in total. The van der Waals surface area contributed by atoms with Crippen LogP contribution in [-0.4, -0.2) is 13.8 Å². The second-order valence-electron chi connectivity index (χ2n) is 4.14. The number of rotatable bonds is 0. The van der Waals surface area contributed by atoms with Gasteiger partial charge in [-0.3, -0.25) is 4.57 Å². The van der Waals surface area contributed by atoms with Crippen LogP contribution in [0.4, 0.5) is 4.39 Å². The Hall–Kier alpha value is -1.27. The SMILES string of the molecule is Fc1cccc(Cl)c1.O=c1n(S)nc2n1CCCC2. The molecule has 7 heteroatoms. The molecule has 1 aromatic heterocycles.